The first-order valence-electron chi connectivity index (χ1n) is 7.47. The summed E-state index contributed by atoms with van der Waals surface area (Å²) in [6, 6.07) is 3.29. The van der Waals surface area contributed by atoms with Gasteiger partial charge in [0.15, 0.2) is 0 Å². The number of methoxy groups -OCH3 is 2. The third kappa shape index (κ3) is 3.82. The second-order valence-electron chi connectivity index (χ2n) is 5.22. The van der Waals surface area contributed by atoms with Gasteiger partial charge in [-0.05, 0) is 32.4 Å². The highest BCUT2D eigenvalue weighted by atomic mass is 32.1. The Kier molecular flexibility index (Phi) is 5.60. The molecule has 1 atom stereocenters. The van der Waals surface area contributed by atoms with Crippen molar-refractivity contribution >= 4 is 17.2 Å². The predicted octanol–water partition coefficient (Wildman–Crippen LogP) is 3.52. The fourth-order valence-corrected chi connectivity index (χ4v) is 3.10. The van der Waals surface area contributed by atoms with Gasteiger partial charge in [-0.2, -0.15) is 0 Å². The molecular weight excluding hydrogens is 312 g/mol. The molecule has 0 aliphatic carbocycles. The average molecular weight is 334 g/mol. The van der Waals surface area contributed by atoms with Crippen molar-refractivity contribution in [3.05, 3.63) is 39.3 Å². The van der Waals surface area contributed by atoms with Gasteiger partial charge in [0.1, 0.15) is 11.5 Å². The van der Waals surface area contributed by atoms with E-state index in [1.54, 1.807) is 37.7 Å². The average Bonchev–Trinajstić information content (AvgIpc) is 3.04. The zero-order valence-corrected chi connectivity index (χ0v) is 14.9. The number of carbonyl (C=O) groups is 1. The van der Waals surface area contributed by atoms with Crippen LogP contribution in [0, 0.1) is 6.92 Å². The number of amides is 1. The van der Waals surface area contributed by atoms with Crippen LogP contribution in [0.5, 0.6) is 11.5 Å². The Morgan fingerprint density at radius 3 is 2.39 bits per heavy atom. The van der Waals surface area contributed by atoms with Crippen LogP contribution in [0.1, 0.15) is 46.5 Å². The molecule has 1 aromatic carbocycles. The number of nitrogens with one attached hydrogen (secondary N) is 1. The minimum absolute atomic E-state index is 0.155. The Labute approximate surface area is 140 Å². The third-order valence-electron chi connectivity index (χ3n) is 3.68. The lowest BCUT2D eigenvalue weighted by Crippen LogP contribution is -2.27. The van der Waals surface area contributed by atoms with Crippen LogP contribution < -0.4 is 14.8 Å². The van der Waals surface area contributed by atoms with Crippen LogP contribution in [-0.4, -0.2) is 25.1 Å². The summed E-state index contributed by atoms with van der Waals surface area (Å²) >= 11 is 1.61. The zero-order valence-electron chi connectivity index (χ0n) is 14.1. The summed E-state index contributed by atoms with van der Waals surface area (Å²) in [5.74, 6) is 1.08. The predicted molar refractivity (Wildman–Crippen MR) is 91.7 cm³/mol. The number of ether oxygens (including phenoxy) is 2. The number of aryl methyl sites for hydroxylation is 1. The van der Waals surface area contributed by atoms with Crippen LogP contribution >= 0.6 is 11.3 Å². The van der Waals surface area contributed by atoms with Gasteiger partial charge in [-0.3, -0.25) is 4.79 Å². The van der Waals surface area contributed by atoms with E-state index in [1.165, 1.54) is 0 Å². The van der Waals surface area contributed by atoms with Gasteiger partial charge in [-0.1, -0.05) is 6.92 Å². The number of benzene rings is 1. The van der Waals surface area contributed by atoms with Crippen molar-refractivity contribution in [1.82, 2.24) is 10.3 Å². The number of rotatable bonds is 6. The molecule has 1 heterocycles. The highest BCUT2D eigenvalue weighted by molar-refractivity contribution is 7.09. The highest BCUT2D eigenvalue weighted by Crippen LogP contribution is 2.29. The van der Waals surface area contributed by atoms with E-state index < -0.39 is 0 Å². The first-order valence-corrected chi connectivity index (χ1v) is 8.35. The van der Waals surface area contributed by atoms with Gasteiger partial charge in [0.2, 0.25) is 0 Å². The molecule has 5 nitrogen and oxygen atoms in total. The lowest BCUT2D eigenvalue weighted by Gasteiger charge is -2.15. The van der Waals surface area contributed by atoms with Crippen molar-refractivity contribution in [2.75, 3.05) is 14.2 Å². The van der Waals surface area contributed by atoms with Gasteiger partial charge in [-0.15, -0.1) is 11.3 Å². The Hall–Kier alpha value is -2.08. The third-order valence-corrected chi connectivity index (χ3v) is 4.69. The Balaban J connectivity index is 2.19. The molecule has 0 aliphatic rings. The van der Waals surface area contributed by atoms with Crippen LogP contribution in [0.15, 0.2) is 17.5 Å². The molecule has 1 unspecified atom stereocenters. The van der Waals surface area contributed by atoms with E-state index >= 15 is 0 Å². The van der Waals surface area contributed by atoms with Crippen LogP contribution in [0.3, 0.4) is 0 Å². The van der Waals surface area contributed by atoms with Crippen LogP contribution in [0.2, 0.25) is 0 Å². The zero-order chi connectivity index (χ0) is 17.0. The van der Waals surface area contributed by atoms with Crippen molar-refractivity contribution in [3.8, 4) is 11.5 Å². The number of aromatic nitrogens is 1. The Morgan fingerprint density at radius 2 is 1.91 bits per heavy atom. The van der Waals surface area contributed by atoms with Gasteiger partial charge >= 0.3 is 0 Å². The second kappa shape index (κ2) is 7.46. The second-order valence-corrected chi connectivity index (χ2v) is 6.16. The summed E-state index contributed by atoms with van der Waals surface area (Å²) in [4.78, 5) is 17.0. The van der Waals surface area contributed by atoms with Gasteiger partial charge < -0.3 is 14.8 Å². The smallest absolute Gasteiger partial charge is 0.252 e. The molecule has 1 amide bonds. The first kappa shape index (κ1) is 17.3. The van der Waals surface area contributed by atoms with Gasteiger partial charge in [0, 0.05) is 16.5 Å². The minimum Gasteiger partial charge on any atom is -0.496 e. The van der Waals surface area contributed by atoms with E-state index in [0.29, 0.717) is 17.1 Å². The molecule has 0 spiro atoms. The fourth-order valence-electron chi connectivity index (χ4n) is 2.26. The van der Waals surface area contributed by atoms with E-state index in [0.717, 1.165) is 22.7 Å². The largest absolute Gasteiger partial charge is 0.496 e. The maximum atomic E-state index is 12.5. The van der Waals surface area contributed by atoms with Gasteiger partial charge in [0.05, 0.1) is 31.0 Å². The molecule has 2 rings (SSSR count). The van der Waals surface area contributed by atoms with Gasteiger partial charge in [0.25, 0.3) is 5.91 Å². The van der Waals surface area contributed by atoms with Crippen molar-refractivity contribution in [3.63, 3.8) is 0 Å². The highest BCUT2D eigenvalue weighted by Gasteiger charge is 2.17. The van der Waals surface area contributed by atoms with E-state index in [1.807, 2.05) is 19.2 Å². The van der Waals surface area contributed by atoms with Crippen LogP contribution in [0.4, 0.5) is 0 Å². The van der Waals surface area contributed by atoms with E-state index in [-0.39, 0.29) is 11.9 Å². The van der Waals surface area contributed by atoms with Crippen molar-refractivity contribution in [2.45, 2.75) is 33.2 Å². The molecule has 1 N–H and O–H groups in total. The van der Waals surface area contributed by atoms with E-state index in [9.17, 15) is 4.79 Å². The first-order chi connectivity index (χ1) is 11.0. The fraction of sp³-hybridized carbons (Fsp3) is 0.412. The van der Waals surface area contributed by atoms with E-state index in [2.05, 4.69) is 17.2 Å². The molecule has 6 heteroatoms. The summed E-state index contributed by atoms with van der Waals surface area (Å²) in [6.45, 7) is 5.88. The molecule has 0 aliphatic heterocycles. The SMILES string of the molecule is CCc1nc(C(C)NC(=O)c2cc(OC)c(C)c(OC)c2)cs1. The molecule has 1 aromatic heterocycles. The number of hydrogen-bond acceptors (Lipinski definition) is 5. The molecule has 124 valence electrons. The molecule has 2 aromatic rings. The molecule has 0 saturated carbocycles. The van der Waals surface area contributed by atoms with E-state index in [4.69, 9.17) is 9.47 Å². The molecule has 0 radical (unpaired) electrons. The maximum Gasteiger partial charge on any atom is 0.252 e. The molecule has 0 bridgehead atoms. The maximum absolute atomic E-state index is 12.5. The topological polar surface area (TPSA) is 60.5 Å². The quantitative estimate of drug-likeness (QED) is 0.878. The standard InChI is InChI=1S/C17H22N2O3S/c1-6-16-19-13(9-23-16)11(3)18-17(20)12-7-14(21-4)10(2)15(8-12)22-5/h7-9,11H,6H2,1-5H3,(H,18,20). The number of thiazole rings is 1. The Morgan fingerprint density at radius 1 is 1.30 bits per heavy atom. The number of carbonyl (C=O) groups excluding carboxylic acids is 1. The minimum atomic E-state index is -0.180. The lowest BCUT2D eigenvalue weighted by atomic mass is 10.1. The van der Waals surface area contributed by atoms with Crippen molar-refractivity contribution in [2.24, 2.45) is 0 Å². The van der Waals surface area contributed by atoms with Crippen LogP contribution in [0.25, 0.3) is 0 Å². The molecule has 0 saturated heterocycles. The number of hydrogen-bond donors (Lipinski definition) is 1. The summed E-state index contributed by atoms with van der Waals surface area (Å²) in [5, 5.41) is 6.02. The summed E-state index contributed by atoms with van der Waals surface area (Å²) in [5.41, 5.74) is 2.25. The van der Waals surface area contributed by atoms with Gasteiger partial charge in [-0.25, -0.2) is 4.98 Å². The molecule has 0 fully saturated rings. The molecular formula is C17H22N2O3S. The summed E-state index contributed by atoms with van der Waals surface area (Å²) < 4.78 is 10.6. The molecule has 23 heavy (non-hydrogen) atoms. The number of nitrogens with zero attached hydrogens (tertiary/aromatic N) is 1. The monoisotopic (exact) mass is 334 g/mol. The summed E-state index contributed by atoms with van der Waals surface area (Å²) in [6.07, 6.45) is 0.900. The van der Waals surface area contributed by atoms with Crippen LogP contribution in [-0.2, 0) is 6.42 Å². The Bertz CT molecular complexity index is 672. The van der Waals surface area contributed by atoms with Crippen molar-refractivity contribution < 1.29 is 14.3 Å². The normalized spacial score (nSPS) is 11.9. The van der Waals surface area contributed by atoms with Crippen molar-refractivity contribution in [1.29, 1.82) is 0 Å². The summed E-state index contributed by atoms with van der Waals surface area (Å²) in [7, 11) is 3.15. The lowest BCUT2D eigenvalue weighted by molar-refractivity contribution is 0.0938.